The molecule has 0 radical (unpaired) electrons. The zero-order valence-electron chi connectivity index (χ0n) is 11.0. The zero-order valence-corrected chi connectivity index (χ0v) is 11.8. The van der Waals surface area contributed by atoms with Gasteiger partial charge in [0.05, 0.1) is 12.4 Å². The van der Waals surface area contributed by atoms with Crippen LogP contribution in [0, 0.1) is 0 Å². The van der Waals surface area contributed by atoms with Crippen LogP contribution in [-0.4, -0.2) is 42.4 Å². The van der Waals surface area contributed by atoms with Crippen LogP contribution in [0.3, 0.4) is 0 Å². The maximum absolute atomic E-state index is 11.4. The first kappa shape index (κ1) is 17.0. The number of ether oxygens (including phenoxy) is 3. The molecular formula is C12H20O5S. The summed E-state index contributed by atoms with van der Waals surface area (Å²) >= 11 is 1.65. The second-order valence-electron chi connectivity index (χ2n) is 3.10. The highest BCUT2D eigenvalue weighted by atomic mass is 32.2. The summed E-state index contributed by atoms with van der Waals surface area (Å²) in [6.07, 6.45) is -0.492. The number of hydrogen-bond donors (Lipinski definition) is 0. The van der Waals surface area contributed by atoms with Crippen molar-refractivity contribution in [3.63, 3.8) is 0 Å². The molecule has 2 atom stereocenters. The van der Waals surface area contributed by atoms with Gasteiger partial charge in [-0.25, -0.2) is 9.59 Å². The molecule has 0 spiro atoms. The molecule has 6 heteroatoms. The minimum Gasteiger partial charge on any atom is -0.447 e. The molecule has 0 aromatic rings. The Hall–Kier alpha value is -1.01. The van der Waals surface area contributed by atoms with Gasteiger partial charge in [0.25, 0.3) is 0 Å². The molecule has 18 heavy (non-hydrogen) atoms. The van der Waals surface area contributed by atoms with Crippen molar-refractivity contribution < 1.29 is 23.8 Å². The topological polar surface area (TPSA) is 61.8 Å². The van der Waals surface area contributed by atoms with Gasteiger partial charge >= 0.3 is 11.9 Å². The van der Waals surface area contributed by atoms with E-state index >= 15 is 0 Å². The summed E-state index contributed by atoms with van der Waals surface area (Å²) in [5.74, 6) is 0.245. The SMILES string of the molecule is C=CC(=O)OC(C)C(=O)OC1CSCCO1.CC. The van der Waals surface area contributed by atoms with E-state index in [9.17, 15) is 9.59 Å². The van der Waals surface area contributed by atoms with Crippen LogP contribution in [0.5, 0.6) is 0 Å². The van der Waals surface area contributed by atoms with Crippen molar-refractivity contribution in [1.29, 1.82) is 0 Å². The van der Waals surface area contributed by atoms with Crippen LogP contribution in [0.4, 0.5) is 0 Å². The van der Waals surface area contributed by atoms with Crippen molar-refractivity contribution in [2.45, 2.75) is 33.2 Å². The van der Waals surface area contributed by atoms with Crippen molar-refractivity contribution >= 4 is 23.7 Å². The van der Waals surface area contributed by atoms with Gasteiger partial charge in [0.2, 0.25) is 6.29 Å². The van der Waals surface area contributed by atoms with Gasteiger partial charge in [-0.1, -0.05) is 20.4 Å². The first-order chi connectivity index (χ1) is 8.63. The van der Waals surface area contributed by atoms with Crippen LogP contribution < -0.4 is 0 Å². The smallest absolute Gasteiger partial charge is 0.349 e. The normalized spacial score (nSPS) is 19.8. The summed E-state index contributed by atoms with van der Waals surface area (Å²) in [5.41, 5.74) is 0. The minimum absolute atomic E-state index is 0.545. The lowest BCUT2D eigenvalue weighted by Crippen LogP contribution is -2.34. The predicted molar refractivity (Wildman–Crippen MR) is 70.3 cm³/mol. The molecular weight excluding hydrogens is 256 g/mol. The lowest BCUT2D eigenvalue weighted by molar-refractivity contribution is -0.186. The summed E-state index contributed by atoms with van der Waals surface area (Å²) in [6, 6.07) is 0. The third kappa shape index (κ3) is 6.66. The van der Waals surface area contributed by atoms with Gasteiger partial charge < -0.3 is 14.2 Å². The fraction of sp³-hybridized carbons (Fsp3) is 0.667. The fourth-order valence-electron chi connectivity index (χ4n) is 1.03. The van der Waals surface area contributed by atoms with Gasteiger partial charge in [-0.3, -0.25) is 0 Å². The Labute approximate surface area is 112 Å². The molecule has 1 aliphatic rings. The van der Waals surface area contributed by atoms with Crippen molar-refractivity contribution in [2.24, 2.45) is 0 Å². The first-order valence-electron chi connectivity index (χ1n) is 5.86. The summed E-state index contributed by atoms with van der Waals surface area (Å²) in [5, 5.41) is 0. The predicted octanol–water partition coefficient (Wildman–Crippen LogP) is 1.76. The Morgan fingerprint density at radius 3 is 2.67 bits per heavy atom. The van der Waals surface area contributed by atoms with Gasteiger partial charge in [0, 0.05) is 11.8 Å². The molecule has 0 saturated carbocycles. The Bertz CT molecular complexity index is 274. The molecule has 0 aromatic carbocycles. The molecule has 1 saturated heterocycles. The van der Waals surface area contributed by atoms with Crippen LogP contribution in [-0.2, 0) is 23.8 Å². The van der Waals surface area contributed by atoms with Crippen LogP contribution in [0.25, 0.3) is 0 Å². The van der Waals surface area contributed by atoms with Crippen molar-refractivity contribution in [3.05, 3.63) is 12.7 Å². The quantitative estimate of drug-likeness (QED) is 0.576. The average molecular weight is 276 g/mol. The number of carbonyl (C=O) groups is 2. The zero-order chi connectivity index (χ0) is 14.0. The van der Waals surface area contributed by atoms with Gasteiger partial charge in [-0.15, -0.1) is 0 Å². The Balaban J connectivity index is 0.00000137. The second-order valence-corrected chi connectivity index (χ2v) is 4.25. The Morgan fingerprint density at radius 2 is 2.17 bits per heavy atom. The average Bonchev–Trinajstić information content (AvgIpc) is 2.41. The second kappa shape index (κ2) is 9.96. The van der Waals surface area contributed by atoms with E-state index in [1.54, 1.807) is 11.8 Å². The Kier molecular flexibility index (Phi) is 9.40. The monoisotopic (exact) mass is 276 g/mol. The number of rotatable bonds is 4. The highest BCUT2D eigenvalue weighted by Crippen LogP contribution is 2.14. The molecule has 5 nitrogen and oxygen atoms in total. The van der Waals surface area contributed by atoms with Gasteiger partial charge in [-0.2, -0.15) is 11.8 Å². The lowest BCUT2D eigenvalue weighted by Gasteiger charge is -2.23. The number of carbonyl (C=O) groups excluding carboxylic acids is 2. The molecule has 0 aliphatic carbocycles. The standard InChI is InChI=1S/C10H14O5S.C2H6/c1-3-8(11)14-7(2)10(12)15-9-6-16-5-4-13-9;1-2/h3,7,9H,1,4-6H2,2H3;1-2H3. The fourth-order valence-corrected chi connectivity index (χ4v) is 1.77. The van der Waals surface area contributed by atoms with Crippen LogP contribution in [0.15, 0.2) is 12.7 Å². The molecule has 1 rings (SSSR count). The van der Waals surface area contributed by atoms with E-state index in [4.69, 9.17) is 14.2 Å². The third-order valence-electron chi connectivity index (χ3n) is 1.82. The van der Waals surface area contributed by atoms with Crippen LogP contribution in [0.1, 0.15) is 20.8 Å². The molecule has 104 valence electrons. The van der Waals surface area contributed by atoms with Crippen LogP contribution in [0.2, 0.25) is 0 Å². The molecule has 2 unspecified atom stereocenters. The summed E-state index contributed by atoms with van der Waals surface area (Å²) in [6.45, 7) is 9.24. The molecule has 1 heterocycles. The van der Waals surface area contributed by atoms with Gasteiger partial charge in [0.1, 0.15) is 0 Å². The first-order valence-corrected chi connectivity index (χ1v) is 7.02. The van der Waals surface area contributed by atoms with E-state index in [1.807, 2.05) is 13.8 Å². The van der Waals surface area contributed by atoms with E-state index in [2.05, 4.69) is 6.58 Å². The maximum Gasteiger partial charge on any atom is 0.349 e. The molecule has 0 bridgehead atoms. The number of hydrogen-bond acceptors (Lipinski definition) is 6. The van der Waals surface area contributed by atoms with E-state index < -0.39 is 24.3 Å². The summed E-state index contributed by atoms with van der Waals surface area (Å²) in [4.78, 5) is 22.3. The Morgan fingerprint density at radius 1 is 1.50 bits per heavy atom. The van der Waals surface area contributed by atoms with E-state index in [0.717, 1.165) is 11.8 Å². The molecule has 0 aromatic heterocycles. The van der Waals surface area contributed by atoms with E-state index in [1.165, 1.54) is 6.92 Å². The van der Waals surface area contributed by atoms with Crippen LogP contribution >= 0.6 is 11.8 Å². The van der Waals surface area contributed by atoms with Crippen molar-refractivity contribution in [1.82, 2.24) is 0 Å². The number of esters is 2. The summed E-state index contributed by atoms with van der Waals surface area (Å²) < 4.78 is 14.9. The van der Waals surface area contributed by atoms with Crippen molar-refractivity contribution in [3.8, 4) is 0 Å². The van der Waals surface area contributed by atoms with Gasteiger partial charge in [-0.05, 0) is 6.92 Å². The van der Waals surface area contributed by atoms with Crippen molar-refractivity contribution in [2.75, 3.05) is 18.1 Å². The van der Waals surface area contributed by atoms with Gasteiger partial charge in [0.15, 0.2) is 6.10 Å². The number of thioether (sulfide) groups is 1. The van der Waals surface area contributed by atoms with E-state index in [-0.39, 0.29) is 0 Å². The third-order valence-corrected chi connectivity index (χ3v) is 2.79. The molecule has 1 aliphatic heterocycles. The largest absolute Gasteiger partial charge is 0.447 e. The molecule has 1 fully saturated rings. The summed E-state index contributed by atoms with van der Waals surface area (Å²) in [7, 11) is 0. The highest BCUT2D eigenvalue weighted by Gasteiger charge is 2.24. The maximum atomic E-state index is 11.4. The molecule has 0 N–H and O–H groups in total. The highest BCUT2D eigenvalue weighted by molar-refractivity contribution is 7.99. The lowest BCUT2D eigenvalue weighted by atomic mass is 10.4. The van der Waals surface area contributed by atoms with E-state index in [0.29, 0.717) is 12.4 Å². The minimum atomic E-state index is -0.943. The molecule has 0 amide bonds.